The van der Waals surface area contributed by atoms with E-state index in [9.17, 15) is 14.0 Å². The van der Waals surface area contributed by atoms with Crippen molar-refractivity contribution in [2.75, 3.05) is 32.6 Å². The third-order valence-electron chi connectivity index (χ3n) is 6.03. The fourth-order valence-electron chi connectivity index (χ4n) is 4.32. The van der Waals surface area contributed by atoms with E-state index in [1.807, 2.05) is 42.5 Å². The van der Waals surface area contributed by atoms with Gasteiger partial charge in [0.25, 0.3) is 0 Å². The molecule has 1 aliphatic rings. The van der Waals surface area contributed by atoms with Crippen LogP contribution in [0.15, 0.2) is 66.7 Å². The van der Waals surface area contributed by atoms with Crippen molar-refractivity contribution in [2.45, 2.75) is 18.9 Å². The molecule has 0 spiro atoms. The van der Waals surface area contributed by atoms with Crippen molar-refractivity contribution in [3.63, 3.8) is 0 Å². The van der Waals surface area contributed by atoms with Gasteiger partial charge in [0, 0.05) is 19.5 Å². The van der Waals surface area contributed by atoms with Crippen LogP contribution in [0.2, 0.25) is 0 Å². The van der Waals surface area contributed by atoms with Crippen molar-refractivity contribution in [1.29, 1.82) is 0 Å². The summed E-state index contributed by atoms with van der Waals surface area (Å²) in [6.07, 6.45) is 0.672. The minimum Gasteiger partial charge on any atom is -0.493 e. The summed E-state index contributed by atoms with van der Waals surface area (Å²) in [5.74, 6) is 0.363. The maximum Gasteiger partial charge on any atom is 0.318 e. The highest BCUT2D eigenvalue weighted by molar-refractivity contribution is 5.91. The number of benzene rings is 3. The molecule has 0 bridgehead atoms. The summed E-state index contributed by atoms with van der Waals surface area (Å²) in [6, 6.07) is 19.0. The van der Waals surface area contributed by atoms with Crippen molar-refractivity contribution in [3.05, 3.63) is 89.2 Å². The van der Waals surface area contributed by atoms with Gasteiger partial charge in [-0.1, -0.05) is 42.5 Å². The second-order valence-corrected chi connectivity index (χ2v) is 8.17. The van der Waals surface area contributed by atoms with E-state index in [-0.39, 0.29) is 36.6 Å². The molecule has 1 aliphatic heterocycles. The van der Waals surface area contributed by atoms with Crippen LogP contribution in [0, 0.1) is 5.82 Å². The molecule has 0 saturated carbocycles. The van der Waals surface area contributed by atoms with E-state index in [1.54, 1.807) is 31.3 Å². The topological polar surface area (TPSA) is 79.9 Å². The summed E-state index contributed by atoms with van der Waals surface area (Å²) < 4.78 is 24.7. The summed E-state index contributed by atoms with van der Waals surface area (Å²) in [7, 11) is 3.19. The van der Waals surface area contributed by atoms with Gasteiger partial charge >= 0.3 is 6.03 Å². The summed E-state index contributed by atoms with van der Waals surface area (Å²) >= 11 is 0. The standard InChI is InChI=1S/C27H28FN3O4/c1-34-23-16-19-13-15-31(26(18-8-4-3-5-9-18)20(19)17-24(23)35-2)27(33)29-14-12-25(32)30-22-11-7-6-10-21(22)28/h3-11,16-17,26H,12-15H2,1-2H3,(H,29,33)(H,30,32)/t26-/m1/s1. The Kier molecular flexibility index (Phi) is 7.50. The van der Waals surface area contributed by atoms with Crippen LogP contribution in [0.1, 0.15) is 29.2 Å². The van der Waals surface area contributed by atoms with Crippen LogP contribution in [0.5, 0.6) is 11.5 Å². The average Bonchev–Trinajstić information content (AvgIpc) is 2.88. The molecule has 8 heteroatoms. The van der Waals surface area contributed by atoms with E-state index in [4.69, 9.17) is 9.47 Å². The van der Waals surface area contributed by atoms with Crippen LogP contribution >= 0.6 is 0 Å². The highest BCUT2D eigenvalue weighted by Gasteiger charge is 2.33. The van der Waals surface area contributed by atoms with Gasteiger partial charge in [-0.15, -0.1) is 0 Å². The van der Waals surface area contributed by atoms with Gasteiger partial charge in [-0.05, 0) is 47.4 Å². The zero-order chi connectivity index (χ0) is 24.8. The number of anilines is 1. The van der Waals surface area contributed by atoms with Crippen LogP contribution in [0.3, 0.4) is 0 Å². The van der Waals surface area contributed by atoms with Crippen LogP contribution in [-0.4, -0.2) is 44.1 Å². The van der Waals surface area contributed by atoms with Crippen LogP contribution in [0.4, 0.5) is 14.9 Å². The largest absolute Gasteiger partial charge is 0.493 e. The van der Waals surface area contributed by atoms with Crippen molar-refractivity contribution in [3.8, 4) is 11.5 Å². The average molecular weight is 478 g/mol. The molecule has 7 nitrogen and oxygen atoms in total. The van der Waals surface area contributed by atoms with E-state index >= 15 is 0 Å². The second kappa shape index (κ2) is 10.9. The predicted octanol–water partition coefficient (Wildman–Crippen LogP) is 4.53. The Bertz CT molecular complexity index is 1200. The molecule has 0 saturated heterocycles. The van der Waals surface area contributed by atoms with Crippen LogP contribution in [-0.2, 0) is 11.2 Å². The Hall–Kier alpha value is -4.07. The molecule has 2 N–H and O–H groups in total. The Balaban J connectivity index is 1.49. The van der Waals surface area contributed by atoms with Gasteiger partial charge < -0.3 is 25.0 Å². The Morgan fingerprint density at radius 2 is 1.69 bits per heavy atom. The minimum absolute atomic E-state index is 0.0194. The number of nitrogens with one attached hydrogen (secondary N) is 2. The minimum atomic E-state index is -0.505. The van der Waals surface area contributed by atoms with E-state index < -0.39 is 5.82 Å². The number of rotatable bonds is 7. The van der Waals surface area contributed by atoms with E-state index in [1.165, 1.54) is 12.1 Å². The number of fused-ring (bicyclic) bond motifs is 1. The van der Waals surface area contributed by atoms with Gasteiger partial charge in [-0.3, -0.25) is 4.79 Å². The first-order valence-electron chi connectivity index (χ1n) is 11.4. The summed E-state index contributed by atoms with van der Waals surface area (Å²) in [5.41, 5.74) is 3.13. The molecule has 0 radical (unpaired) electrons. The van der Waals surface area contributed by atoms with Gasteiger partial charge in [-0.2, -0.15) is 0 Å². The fraction of sp³-hybridized carbons (Fsp3) is 0.259. The lowest BCUT2D eigenvalue weighted by atomic mass is 9.88. The predicted molar refractivity (Wildman–Crippen MR) is 131 cm³/mol. The molecule has 3 aromatic carbocycles. The van der Waals surface area contributed by atoms with Gasteiger partial charge in [0.2, 0.25) is 5.91 Å². The maximum atomic E-state index is 13.8. The van der Waals surface area contributed by atoms with E-state index in [2.05, 4.69) is 10.6 Å². The zero-order valence-electron chi connectivity index (χ0n) is 19.7. The zero-order valence-corrected chi connectivity index (χ0v) is 19.7. The van der Waals surface area contributed by atoms with E-state index in [0.717, 1.165) is 16.7 Å². The third-order valence-corrected chi connectivity index (χ3v) is 6.03. The highest BCUT2D eigenvalue weighted by atomic mass is 19.1. The van der Waals surface area contributed by atoms with Crippen molar-refractivity contribution in [2.24, 2.45) is 0 Å². The van der Waals surface area contributed by atoms with Gasteiger partial charge in [0.1, 0.15) is 5.82 Å². The maximum absolute atomic E-state index is 13.8. The molecule has 0 aromatic heterocycles. The molecule has 0 unspecified atom stereocenters. The molecule has 1 atom stereocenters. The molecule has 0 aliphatic carbocycles. The normalized spacial score (nSPS) is 14.6. The molecule has 1 heterocycles. The number of halogens is 1. The third kappa shape index (κ3) is 5.37. The number of amides is 3. The number of urea groups is 1. The molecule has 0 fully saturated rings. The summed E-state index contributed by atoms with van der Waals surface area (Å²) in [4.78, 5) is 27.2. The van der Waals surface area contributed by atoms with Crippen molar-refractivity contribution >= 4 is 17.6 Å². The van der Waals surface area contributed by atoms with Crippen molar-refractivity contribution < 1.29 is 23.5 Å². The monoisotopic (exact) mass is 477 g/mol. The molecule has 35 heavy (non-hydrogen) atoms. The second-order valence-electron chi connectivity index (χ2n) is 8.17. The molecular weight excluding hydrogens is 449 g/mol. The Morgan fingerprint density at radius 1 is 1.00 bits per heavy atom. The quantitative estimate of drug-likeness (QED) is 0.524. The first-order valence-corrected chi connectivity index (χ1v) is 11.4. The Labute approximate surface area is 203 Å². The number of carbonyl (C=O) groups is 2. The number of hydrogen-bond acceptors (Lipinski definition) is 4. The van der Waals surface area contributed by atoms with E-state index in [0.29, 0.717) is 24.5 Å². The smallest absolute Gasteiger partial charge is 0.318 e. The number of nitrogens with zero attached hydrogens (tertiary/aromatic N) is 1. The summed E-state index contributed by atoms with van der Waals surface area (Å²) in [5, 5.41) is 5.37. The number of hydrogen-bond donors (Lipinski definition) is 2. The fourth-order valence-corrected chi connectivity index (χ4v) is 4.32. The Morgan fingerprint density at radius 3 is 2.40 bits per heavy atom. The number of ether oxygens (including phenoxy) is 2. The number of carbonyl (C=O) groups excluding carboxylic acids is 2. The van der Waals surface area contributed by atoms with Gasteiger partial charge in [0.05, 0.1) is 25.9 Å². The van der Waals surface area contributed by atoms with Gasteiger partial charge in [-0.25, -0.2) is 9.18 Å². The van der Waals surface area contributed by atoms with Gasteiger partial charge in [0.15, 0.2) is 11.5 Å². The molecule has 3 aromatic rings. The number of methoxy groups -OCH3 is 2. The highest BCUT2D eigenvalue weighted by Crippen LogP contribution is 2.40. The van der Waals surface area contributed by atoms with Crippen LogP contribution in [0.25, 0.3) is 0 Å². The summed E-state index contributed by atoms with van der Waals surface area (Å²) in [6.45, 7) is 0.616. The SMILES string of the molecule is COc1cc2c(cc1OC)[C@@H](c1ccccc1)N(C(=O)NCCC(=O)Nc1ccccc1F)CC2. The first kappa shape index (κ1) is 24.1. The lowest BCUT2D eigenvalue weighted by Crippen LogP contribution is -2.46. The number of para-hydroxylation sites is 1. The molecular formula is C27H28FN3O4. The van der Waals surface area contributed by atoms with Crippen LogP contribution < -0.4 is 20.1 Å². The molecule has 182 valence electrons. The lowest BCUT2D eigenvalue weighted by Gasteiger charge is -2.38. The lowest BCUT2D eigenvalue weighted by molar-refractivity contribution is -0.116. The first-order chi connectivity index (χ1) is 17.0. The molecule has 3 amide bonds. The van der Waals surface area contributed by atoms with Crippen molar-refractivity contribution in [1.82, 2.24) is 10.2 Å². The molecule has 4 rings (SSSR count).